The third kappa shape index (κ3) is 7.59. The Hall–Kier alpha value is -2.08. The molecule has 2 atom stereocenters. The number of nitrogens with zero attached hydrogens (tertiary/aromatic N) is 1. The lowest BCUT2D eigenvalue weighted by molar-refractivity contribution is -0.123. The number of hydrogen-bond acceptors (Lipinski definition) is 4. The summed E-state index contributed by atoms with van der Waals surface area (Å²) in [5.74, 6) is 0.636. The fourth-order valence-electron chi connectivity index (χ4n) is 3.49. The Labute approximate surface area is 162 Å². The fourth-order valence-corrected chi connectivity index (χ4v) is 3.49. The molecule has 1 fully saturated rings. The van der Waals surface area contributed by atoms with Gasteiger partial charge >= 0.3 is 6.09 Å². The van der Waals surface area contributed by atoms with E-state index in [0.717, 1.165) is 32.5 Å². The lowest BCUT2D eigenvalue weighted by Crippen LogP contribution is -2.48. The Morgan fingerprint density at radius 2 is 2.00 bits per heavy atom. The smallest absolute Gasteiger partial charge is 0.407 e. The van der Waals surface area contributed by atoms with E-state index in [-0.39, 0.29) is 5.91 Å². The summed E-state index contributed by atoms with van der Waals surface area (Å²) >= 11 is 0. The van der Waals surface area contributed by atoms with Crippen molar-refractivity contribution in [2.24, 2.45) is 11.8 Å². The number of ether oxygens (including phenoxy) is 1. The molecule has 0 aromatic heterocycles. The highest BCUT2D eigenvalue weighted by atomic mass is 16.5. The molecular weight excluding hydrogens is 342 g/mol. The Morgan fingerprint density at radius 1 is 1.26 bits per heavy atom. The van der Waals surface area contributed by atoms with Crippen LogP contribution in [0.4, 0.5) is 4.79 Å². The van der Waals surface area contributed by atoms with Crippen LogP contribution in [0, 0.1) is 11.8 Å². The maximum Gasteiger partial charge on any atom is 0.407 e. The predicted molar refractivity (Wildman–Crippen MR) is 106 cm³/mol. The quantitative estimate of drug-likeness (QED) is 0.695. The zero-order valence-electron chi connectivity index (χ0n) is 16.7. The van der Waals surface area contributed by atoms with Crippen molar-refractivity contribution in [2.45, 2.75) is 39.2 Å². The second-order valence-corrected chi connectivity index (χ2v) is 7.75. The van der Waals surface area contributed by atoms with Gasteiger partial charge in [-0.25, -0.2) is 4.79 Å². The Kier molecular flexibility index (Phi) is 8.58. The van der Waals surface area contributed by atoms with Crippen LogP contribution in [0.1, 0.15) is 32.3 Å². The summed E-state index contributed by atoms with van der Waals surface area (Å²) in [5.41, 5.74) is 1.36. The Bertz CT molecular complexity index is 592. The molecule has 1 heterocycles. The van der Waals surface area contributed by atoms with Gasteiger partial charge in [0, 0.05) is 19.6 Å². The molecule has 1 aromatic rings. The van der Waals surface area contributed by atoms with Crippen LogP contribution in [0.5, 0.6) is 0 Å². The number of rotatable bonds is 9. The van der Waals surface area contributed by atoms with Gasteiger partial charge in [0.15, 0.2) is 0 Å². The summed E-state index contributed by atoms with van der Waals surface area (Å²) in [6, 6.07) is 9.97. The van der Waals surface area contributed by atoms with Crippen molar-refractivity contribution >= 4 is 12.0 Å². The molecule has 0 aliphatic carbocycles. The van der Waals surface area contributed by atoms with E-state index in [1.165, 1.54) is 12.7 Å². The molecule has 0 radical (unpaired) electrons. The highest BCUT2D eigenvalue weighted by Gasteiger charge is 2.26. The first-order valence-electron chi connectivity index (χ1n) is 9.86. The number of amides is 2. The Morgan fingerprint density at radius 3 is 2.67 bits per heavy atom. The van der Waals surface area contributed by atoms with E-state index in [4.69, 9.17) is 0 Å². The molecule has 0 spiro atoms. The molecule has 0 saturated carbocycles. The van der Waals surface area contributed by atoms with Gasteiger partial charge in [0.05, 0.1) is 7.11 Å². The third-order valence-corrected chi connectivity index (χ3v) is 5.00. The van der Waals surface area contributed by atoms with Crippen LogP contribution in [-0.4, -0.2) is 56.2 Å². The third-order valence-electron chi connectivity index (χ3n) is 5.00. The minimum absolute atomic E-state index is 0.128. The molecule has 1 aliphatic rings. The summed E-state index contributed by atoms with van der Waals surface area (Å²) in [7, 11) is 1.31. The lowest BCUT2D eigenvalue weighted by Gasteiger charge is -2.21. The van der Waals surface area contributed by atoms with E-state index in [2.05, 4.69) is 44.5 Å². The highest BCUT2D eigenvalue weighted by Crippen LogP contribution is 2.16. The zero-order chi connectivity index (χ0) is 19.6. The van der Waals surface area contributed by atoms with Crippen LogP contribution in [0.2, 0.25) is 0 Å². The van der Waals surface area contributed by atoms with Crippen molar-refractivity contribution in [3.05, 3.63) is 35.9 Å². The van der Waals surface area contributed by atoms with Crippen LogP contribution in [0.3, 0.4) is 0 Å². The largest absolute Gasteiger partial charge is 0.453 e. The van der Waals surface area contributed by atoms with E-state index in [1.807, 2.05) is 19.9 Å². The standard InChI is InChI=1S/C21H33N3O3/c1-16(2)13-19(23-21(26)27-3)20(25)22-14-18-10-12-24(15-18)11-9-17-7-5-4-6-8-17/h4-8,16,18-19H,9-15H2,1-3H3,(H,22,25)(H,23,26). The second-order valence-electron chi connectivity index (χ2n) is 7.75. The van der Waals surface area contributed by atoms with Crippen LogP contribution >= 0.6 is 0 Å². The first kappa shape index (κ1) is 21.2. The van der Waals surface area contributed by atoms with Gasteiger partial charge in [0.25, 0.3) is 0 Å². The molecule has 2 rings (SSSR count). The molecule has 0 bridgehead atoms. The average Bonchev–Trinajstić information content (AvgIpc) is 3.12. The van der Waals surface area contributed by atoms with E-state index in [9.17, 15) is 9.59 Å². The Balaban J connectivity index is 1.73. The number of likely N-dealkylation sites (tertiary alicyclic amines) is 1. The monoisotopic (exact) mass is 375 g/mol. The molecule has 2 amide bonds. The molecule has 1 aliphatic heterocycles. The van der Waals surface area contributed by atoms with Crippen molar-refractivity contribution in [1.82, 2.24) is 15.5 Å². The maximum atomic E-state index is 12.5. The topological polar surface area (TPSA) is 70.7 Å². The predicted octanol–water partition coefficient (Wildman–Crippen LogP) is 2.44. The number of carbonyl (C=O) groups is 2. The number of benzene rings is 1. The maximum absolute atomic E-state index is 12.5. The van der Waals surface area contributed by atoms with Crippen molar-refractivity contribution in [1.29, 1.82) is 0 Å². The van der Waals surface area contributed by atoms with Crippen molar-refractivity contribution in [3.8, 4) is 0 Å². The summed E-state index contributed by atoms with van der Waals surface area (Å²) in [4.78, 5) is 26.4. The van der Waals surface area contributed by atoms with Gasteiger partial charge in [-0.1, -0.05) is 44.2 Å². The van der Waals surface area contributed by atoms with E-state index in [1.54, 1.807) is 0 Å². The van der Waals surface area contributed by atoms with Gasteiger partial charge in [0.1, 0.15) is 6.04 Å². The van der Waals surface area contributed by atoms with Gasteiger partial charge in [0.2, 0.25) is 5.91 Å². The highest BCUT2D eigenvalue weighted by molar-refractivity contribution is 5.85. The zero-order valence-corrected chi connectivity index (χ0v) is 16.7. The molecule has 150 valence electrons. The van der Waals surface area contributed by atoms with Crippen LogP contribution in [0.15, 0.2) is 30.3 Å². The first-order valence-corrected chi connectivity index (χ1v) is 9.86. The molecule has 27 heavy (non-hydrogen) atoms. The van der Waals surface area contributed by atoms with Crippen molar-refractivity contribution in [2.75, 3.05) is 33.3 Å². The van der Waals surface area contributed by atoms with Crippen LogP contribution in [0.25, 0.3) is 0 Å². The summed E-state index contributed by atoms with van der Waals surface area (Å²) < 4.78 is 4.63. The van der Waals surface area contributed by atoms with Gasteiger partial charge in [-0.15, -0.1) is 0 Å². The van der Waals surface area contributed by atoms with Gasteiger partial charge in [-0.05, 0) is 43.2 Å². The molecule has 6 nitrogen and oxygen atoms in total. The minimum Gasteiger partial charge on any atom is -0.453 e. The van der Waals surface area contributed by atoms with Crippen LogP contribution < -0.4 is 10.6 Å². The SMILES string of the molecule is COC(=O)NC(CC(C)C)C(=O)NCC1CCN(CCc2ccccc2)C1. The lowest BCUT2D eigenvalue weighted by atomic mass is 10.0. The molecular formula is C21H33N3O3. The normalized spacial score (nSPS) is 18.3. The number of alkyl carbamates (subject to hydrolysis) is 1. The number of methoxy groups -OCH3 is 1. The first-order chi connectivity index (χ1) is 13.0. The summed E-state index contributed by atoms with van der Waals surface area (Å²) in [6.07, 6.45) is 2.17. The molecule has 2 N–H and O–H groups in total. The molecule has 6 heteroatoms. The second kappa shape index (κ2) is 10.9. The van der Waals surface area contributed by atoms with Gasteiger partial charge in [-0.2, -0.15) is 0 Å². The fraction of sp³-hybridized carbons (Fsp3) is 0.619. The molecule has 2 unspecified atom stereocenters. The number of hydrogen-bond donors (Lipinski definition) is 2. The van der Waals surface area contributed by atoms with Crippen molar-refractivity contribution in [3.63, 3.8) is 0 Å². The summed E-state index contributed by atoms with van der Waals surface area (Å²) in [6.45, 7) is 7.84. The van der Waals surface area contributed by atoms with Gasteiger partial charge < -0.3 is 20.3 Å². The minimum atomic E-state index is -0.566. The van der Waals surface area contributed by atoms with Crippen molar-refractivity contribution < 1.29 is 14.3 Å². The molecule has 1 aromatic carbocycles. The van der Waals surface area contributed by atoms with E-state index >= 15 is 0 Å². The summed E-state index contributed by atoms with van der Waals surface area (Å²) in [5, 5.41) is 5.65. The number of nitrogens with one attached hydrogen (secondary N) is 2. The van der Waals surface area contributed by atoms with Gasteiger partial charge in [-0.3, -0.25) is 4.79 Å². The van der Waals surface area contributed by atoms with E-state index < -0.39 is 12.1 Å². The van der Waals surface area contributed by atoms with Crippen LogP contribution in [-0.2, 0) is 16.0 Å². The number of carbonyl (C=O) groups excluding carboxylic acids is 2. The molecule has 1 saturated heterocycles. The van der Waals surface area contributed by atoms with E-state index in [0.29, 0.717) is 24.8 Å². The average molecular weight is 376 g/mol.